The van der Waals surface area contributed by atoms with E-state index in [1.165, 1.54) is 4.90 Å². The molecular weight excluding hydrogens is 404 g/mol. The summed E-state index contributed by atoms with van der Waals surface area (Å²) < 4.78 is 5.72. The quantitative estimate of drug-likeness (QED) is 0.503. The number of para-hydroxylation sites is 1. The van der Waals surface area contributed by atoms with E-state index in [2.05, 4.69) is 0 Å². The van der Waals surface area contributed by atoms with E-state index in [-0.39, 0.29) is 36.8 Å². The van der Waals surface area contributed by atoms with E-state index in [4.69, 9.17) is 4.74 Å². The van der Waals surface area contributed by atoms with Gasteiger partial charge in [0.2, 0.25) is 5.91 Å². The maximum absolute atomic E-state index is 13.4. The van der Waals surface area contributed by atoms with Crippen LogP contribution in [0.25, 0.3) is 0 Å². The Balaban J connectivity index is 1.57. The molecule has 0 N–H and O–H groups in total. The van der Waals surface area contributed by atoms with Gasteiger partial charge in [0.25, 0.3) is 11.8 Å². The standard InChI is InChI=1S/C26H30N2O4/c1-19-13-15-21(16-14-19)28-24(29)17-23(26(28)31)27(20-9-5-2-3-6-10-20)25(30)18-32-22-11-7-4-8-12-22/h4,7-8,11-16,20,23H,2-3,5-6,9-10,17-18H2,1H3. The van der Waals surface area contributed by atoms with Crippen LogP contribution >= 0.6 is 0 Å². The molecule has 32 heavy (non-hydrogen) atoms. The van der Waals surface area contributed by atoms with Gasteiger partial charge in [-0.3, -0.25) is 14.4 Å². The highest BCUT2D eigenvalue weighted by Crippen LogP contribution is 2.31. The minimum absolute atomic E-state index is 0.0142. The number of benzene rings is 2. The molecule has 1 aliphatic carbocycles. The zero-order valence-electron chi connectivity index (χ0n) is 18.5. The third-order valence-corrected chi connectivity index (χ3v) is 6.36. The van der Waals surface area contributed by atoms with Crippen molar-refractivity contribution in [3.05, 3.63) is 60.2 Å². The Labute approximate surface area is 189 Å². The van der Waals surface area contributed by atoms with E-state index in [1.54, 1.807) is 29.2 Å². The van der Waals surface area contributed by atoms with E-state index < -0.39 is 6.04 Å². The summed E-state index contributed by atoms with van der Waals surface area (Å²) in [5.41, 5.74) is 1.61. The molecule has 6 nitrogen and oxygen atoms in total. The number of hydrogen-bond donors (Lipinski definition) is 0. The van der Waals surface area contributed by atoms with Crippen molar-refractivity contribution in [2.45, 2.75) is 64.0 Å². The van der Waals surface area contributed by atoms with Crippen molar-refractivity contribution < 1.29 is 19.1 Å². The smallest absolute Gasteiger partial charge is 0.261 e. The van der Waals surface area contributed by atoms with Crippen LogP contribution in [0.2, 0.25) is 0 Å². The molecule has 2 fully saturated rings. The molecule has 6 heteroatoms. The highest BCUT2D eigenvalue weighted by molar-refractivity contribution is 6.23. The lowest BCUT2D eigenvalue weighted by atomic mass is 10.0. The van der Waals surface area contributed by atoms with Gasteiger partial charge in [-0.25, -0.2) is 4.90 Å². The number of carbonyl (C=O) groups is 3. The summed E-state index contributed by atoms with van der Waals surface area (Å²) in [7, 11) is 0. The Morgan fingerprint density at radius 2 is 1.62 bits per heavy atom. The summed E-state index contributed by atoms with van der Waals surface area (Å²) in [5, 5.41) is 0. The minimum Gasteiger partial charge on any atom is -0.484 e. The average molecular weight is 435 g/mol. The van der Waals surface area contributed by atoms with Crippen LogP contribution in [0.1, 0.15) is 50.5 Å². The molecule has 2 aromatic rings. The number of rotatable bonds is 6. The van der Waals surface area contributed by atoms with Gasteiger partial charge in [0.1, 0.15) is 11.8 Å². The van der Waals surface area contributed by atoms with Crippen molar-refractivity contribution in [3.63, 3.8) is 0 Å². The number of anilines is 1. The van der Waals surface area contributed by atoms with Crippen LogP contribution in [-0.4, -0.2) is 41.3 Å². The normalized spacial score (nSPS) is 19.7. The molecule has 0 spiro atoms. The number of ether oxygens (including phenoxy) is 1. The highest BCUT2D eigenvalue weighted by atomic mass is 16.5. The van der Waals surface area contributed by atoms with Crippen molar-refractivity contribution in [3.8, 4) is 5.75 Å². The summed E-state index contributed by atoms with van der Waals surface area (Å²) in [6.07, 6.45) is 6.01. The third kappa shape index (κ3) is 4.85. The molecule has 168 valence electrons. The van der Waals surface area contributed by atoms with Gasteiger partial charge < -0.3 is 9.64 Å². The number of hydrogen-bond acceptors (Lipinski definition) is 4. The van der Waals surface area contributed by atoms with Crippen molar-refractivity contribution in [1.29, 1.82) is 0 Å². The van der Waals surface area contributed by atoms with Gasteiger partial charge in [0.05, 0.1) is 12.1 Å². The molecule has 1 heterocycles. The third-order valence-electron chi connectivity index (χ3n) is 6.36. The fourth-order valence-electron chi connectivity index (χ4n) is 4.70. The first kappa shape index (κ1) is 22.1. The summed E-state index contributed by atoms with van der Waals surface area (Å²) in [4.78, 5) is 42.6. The van der Waals surface area contributed by atoms with Crippen LogP contribution in [0, 0.1) is 6.92 Å². The molecule has 1 atom stereocenters. The van der Waals surface area contributed by atoms with Gasteiger partial charge in [0, 0.05) is 6.04 Å². The van der Waals surface area contributed by atoms with Gasteiger partial charge >= 0.3 is 0 Å². The van der Waals surface area contributed by atoms with E-state index in [0.29, 0.717) is 11.4 Å². The van der Waals surface area contributed by atoms with E-state index in [9.17, 15) is 14.4 Å². The largest absolute Gasteiger partial charge is 0.484 e. The Bertz CT molecular complexity index is 950. The van der Waals surface area contributed by atoms with Gasteiger partial charge in [-0.1, -0.05) is 61.6 Å². The Morgan fingerprint density at radius 3 is 2.28 bits per heavy atom. The number of imide groups is 1. The molecule has 2 aliphatic rings. The Hall–Kier alpha value is -3.15. The van der Waals surface area contributed by atoms with Crippen LogP contribution in [0.3, 0.4) is 0 Å². The number of carbonyl (C=O) groups excluding carboxylic acids is 3. The zero-order chi connectivity index (χ0) is 22.5. The van der Waals surface area contributed by atoms with Gasteiger partial charge in [0.15, 0.2) is 6.61 Å². The van der Waals surface area contributed by atoms with Crippen molar-refractivity contribution in [2.75, 3.05) is 11.5 Å². The van der Waals surface area contributed by atoms with E-state index in [0.717, 1.165) is 44.1 Å². The van der Waals surface area contributed by atoms with Crippen LogP contribution in [-0.2, 0) is 14.4 Å². The first-order valence-electron chi connectivity index (χ1n) is 11.5. The lowest BCUT2D eigenvalue weighted by Gasteiger charge is -2.35. The van der Waals surface area contributed by atoms with E-state index >= 15 is 0 Å². The van der Waals surface area contributed by atoms with Crippen molar-refractivity contribution in [2.24, 2.45) is 0 Å². The van der Waals surface area contributed by atoms with Crippen LogP contribution in [0.5, 0.6) is 5.75 Å². The van der Waals surface area contributed by atoms with Crippen molar-refractivity contribution in [1.82, 2.24) is 4.90 Å². The fraction of sp³-hybridized carbons (Fsp3) is 0.423. The molecule has 1 unspecified atom stereocenters. The second-order valence-corrected chi connectivity index (χ2v) is 8.67. The first-order chi connectivity index (χ1) is 15.5. The maximum Gasteiger partial charge on any atom is 0.261 e. The maximum atomic E-state index is 13.4. The summed E-state index contributed by atoms with van der Waals surface area (Å²) in [6, 6.07) is 15.7. The molecule has 2 aromatic carbocycles. The number of amides is 3. The summed E-state index contributed by atoms with van der Waals surface area (Å²) in [5.74, 6) is -0.218. The van der Waals surface area contributed by atoms with Crippen LogP contribution in [0.15, 0.2) is 54.6 Å². The number of aryl methyl sites for hydroxylation is 1. The molecule has 1 aliphatic heterocycles. The fourth-order valence-corrected chi connectivity index (χ4v) is 4.70. The van der Waals surface area contributed by atoms with Crippen LogP contribution < -0.4 is 9.64 Å². The molecule has 1 saturated carbocycles. The Kier molecular flexibility index (Phi) is 6.88. The van der Waals surface area contributed by atoms with Gasteiger partial charge in [-0.05, 0) is 44.0 Å². The minimum atomic E-state index is -0.779. The lowest BCUT2D eigenvalue weighted by Crippen LogP contribution is -2.52. The monoisotopic (exact) mass is 434 g/mol. The molecule has 0 bridgehead atoms. The highest BCUT2D eigenvalue weighted by Gasteiger charge is 2.46. The second kappa shape index (κ2) is 9.98. The lowest BCUT2D eigenvalue weighted by molar-refractivity contribution is -0.143. The van der Waals surface area contributed by atoms with Gasteiger partial charge in [-0.15, -0.1) is 0 Å². The summed E-state index contributed by atoms with van der Waals surface area (Å²) >= 11 is 0. The molecule has 1 saturated heterocycles. The summed E-state index contributed by atoms with van der Waals surface area (Å²) in [6.45, 7) is 1.81. The Morgan fingerprint density at radius 1 is 0.969 bits per heavy atom. The molecule has 3 amide bonds. The van der Waals surface area contributed by atoms with Crippen LogP contribution in [0.4, 0.5) is 5.69 Å². The molecular formula is C26H30N2O4. The predicted molar refractivity (Wildman–Crippen MR) is 122 cm³/mol. The molecule has 4 rings (SSSR count). The number of nitrogens with zero attached hydrogens (tertiary/aromatic N) is 2. The predicted octanol–water partition coefficient (Wildman–Crippen LogP) is 4.26. The first-order valence-corrected chi connectivity index (χ1v) is 11.5. The van der Waals surface area contributed by atoms with Gasteiger partial charge in [-0.2, -0.15) is 0 Å². The van der Waals surface area contributed by atoms with Crippen molar-refractivity contribution >= 4 is 23.4 Å². The molecule has 0 radical (unpaired) electrons. The topological polar surface area (TPSA) is 66.9 Å². The molecule has 0 aromatic heterocycles. The average Bonchev–Trinajstić information content (AvgIpc) is 2.97. The SMILES string of the molecule is Cc1ccc(N2C(=O)CC(N(C(=O)COc3ccccc3)C3CCCCCC3)C2=O)cc1. The zero-order valence-corrected chi connectivity index (χ0v) is 18.5. The second-order valence-electron chi connectivity index (χ2n) is 8.67. The van der Waals surface area contributed by atoms with E-state index in [1.807, 2.05) is 37.3 Å².